The van der Waals surface area contributed by atoms with Crippen LogP contribution in [0.3, 0.4) is 0 Å². The molecule has 0 aliphatic carbocycles. The van der Waals surface area contributed by atoms with Gasteiger partial charge in [0.25, 0.3) is 5.91 Å². The fourth-order valence-corrected chi connectivity index (χ4v) is 2.42. The highest BCUT2D eigenvalue weighted by Gasteiger charge is 2.19. The Morgan fingerprint density at radius 3 is 1.81 bits per heavy atom. The summed E-state index contributed by atoms with van der Waals surface area (Å²) < 4.78 is 0. The lowest BCUT2D eigenvalue weighted by Crippen LogP contribution is -2.31. The van der Waals surface area contributed by atoms with Crippen LogP contribution in [0.5, 0.6) is 0 Å². The minimum Gasteiger partial charge on any atom is -0.292 e. The molecule has 26 heavy (non-hydrogen) atoms. The molecule has 0 aliphatic heterocycles. The van der Waals surface area contributed by atoms with Crippen molar-refractivity contribution in [3.8, 4) is 0 Å². The molecule has 0 unspecified atom stereocenters. The Labute approximate surface area is 152 Å². The van der Waals surface area contributed by atoms with Crippen LogP contribution in [0.2, 0.25) is 0 Å². The van der Waals surface area contributed by atoms with Gasteiger partial charge in [-0.25, -0.2) is 5.01 Å². The van der Waals surface area contributed by atoms with Gasteiger partial charge in [-0.3, -0.25) is 9.59 Å². The molecule has 0 saturated heterocycles. The maximum Gasteiger partial charge on any atom is 0.274 e. The zero-order chi connectivity index (χ0) is 18.2. The summed E-state index contributed by atoms with van der Waals surface area (Å²) >= 11 is 0. The standard InChI is InChI=1S/C22H18N2O2/c25-21(19-12-6-2-7-13-19)17-24(22(26)20-14-8-3-9-15-20)23-16-18-10-4-1-5-11-18/h1-16H,17H2/b23-16+. The molecule has 1 amide bonds. The van der Waals surface area contributed by atoms with E-state index in [2.05, 4.69) is 5.10 Å². The number of nitrogens with zero attached hydrogens (tertiary/aromatic N) is 2. The summed E-state index contributed by atoms with van der Waals surface area (Å²) in [5, 5.41) is 5.48. The Balaban J connectivity index is 1.85. The molecule has 3 aromatic rings. The van der Waals surface area contributed by atoms with E-state index in [0.29, 0.717) is 11.1 Å². The van der Waals surface area contributed by atoms with Crippen molar-refractivity contribution in [1.82, 2.24) is 5.01 Å². The van der Waals surface area contributed by atoms with Gasteiger partial charge in [-0.05, 0) is 17.7 Å². The molecule has 0 saturated carbocycles. The number of amides is 1. The van der Waals surface area contributed by atoms with E-state index in [4.69, 9.17) is 0 Å². The second-order valence-corrected chi connectivity index (χ2v) is 5.67. The molecule has 0 aromatic heterocycles. The number of hydrogen-bond acceptors (Lipinski definition) is 3. The molecule has 0 bridgehead atoms. The van der Waals surface area contributed by atoms with Crippen molar-refractivity contribution in [2.75, 3.05) is 6.54 Å². The Kier molecular flexibility index (Phi) is 5.68. The number of hydrazone groups is 1. The number of ketones is 1. The summed E-state index contributed by atoms with van der Waals surface area (Å²) in [4.78, 5) is 25.3. The number of rotatable bonds is 6. The summed E-state index contributed by atoms with van der Waals surface area (Å²) in [5.41, 5.74) is 1.89. The van der Waals surface area contributed by atoms with Crippen molar-refractivity contribution >= 4 is 17.9 Å². The molecule has 0 spiro atoms. The van der Waals surface area contributed by atoms with Gasteiger partial charge in [0.2, 0.25) is 0 Å². The fourth-order valence-electron chi connectivity index (χ4n) is 2.42. The SMILES string of the molecule is O=C(CN(/N=C/c1ccccc1)C(=O)c1ccccc1)c1ccccc1. The van der Waals surface area contributed by atoms with E-state index in [1.54, 1.807) is 54.7 Å². The summed E-state index contributed by atoms with van der Waals surface area (Å²) in [6.45, 7) is -0.124. The van der Waals surface area contributed by atoms with Gasteiger partial charge in [-0.1, -0.05) is 78.9 Å². The summed E-state index contributed by atoms with van der Waals surface area (Å²) in [6, 6.07) is 27.2. The van der Waals surface area contributed by atoms with E-state index in [9.17, 15) is 9.59 Å². The lowest BCUT2D eigenvalue weighted by atomic mass is 10.1. The van der Waals surface area contributed by atoms with Crippen LogP contribution < -0.4 is 0 Å². The van der Waals surface area contributed by atoms with Crippen molar-refractivity contribution in [2.45, 2.75) is 0 Å². The Hall–Kier alpha value is -3.53. The van der Waals surface area contributed by atoms with E-state index >= 15 is 0 Å². The van der Waals surface area contributed by atoms with Crippen LogP contribution in [0.4, 0.5) is 0 Å². The van der Waals surface area contributed by atoms with Crippen LogP contribution in [-0.4, -0.2) is 29.5 Å². The average molecular weight is 342 g/mol. The summed E-state index contributed by atoms with van der Waals surface area (Å²) in [7, 11) is 0. The van der Waals surface area contributed by atoms with Crippen molar-refractivity contribution in [2.24, 2.45) is 5.10 Å². The third kappa shape index (κ3) is 4.51. The molecule has 3 rings (SSSR count). The normalized spacial score (nSPS) is 10.6. The topological polar surface area (TPSA) is 49.7 Å². The number of carbonyl (C=O) groups excluding carboxylic acids is 2. The minimum atomic E-state index is -0.318. The number of Topliss-reactive ketones (excluding diaryl/α,β-unsaturated/α-hetero) is 1. The highest BCUT2D eigenvalue weighted by Crippen LogP contribution is 2.09. The Morgan fingerprint density at radius 2 is 1.23 bits per heavy atom. The second kappa shape index (κ2) is 8.53. The number of carbonyl (C=O) groups is 2. The molecule has 0 aliphatic rings. The van der Waals surface area contributed by atoms with E-state index in [1.165, 1.54) is 5.01 Å². The van der Waals surface area contributed by atoms with Crippen LogP contribution in [0.25, 0.3) is 0 Å². The van der Waals surface area contributed by atoms with Crippen LogP contribution in [0.1, 0.15) is 26.3 Å². The van der Waals surface area contributed by atoms with Crippen molar-refractivity contribution < 1.29 is 9.59 Å². The average Bonchev–Trinajstić information content (AvgIpc) is 2.72. The molecule has 128 valence electrons. The first-order valence-electron chi connectivity index (χ1n) is 8.28. The van der Waals surface area contributed by atoms with Crippen molar-refractivity contribution in [1.29, 1.82) is 0 Å². The predicted octanol–water partition coefficient (Wildman–Crippen LogP) is 4.05. The molecule has 0 radical (unpaired) electrons. The Morgan fingerprint density at radius 1 is 0.731 bits per heavy atom. The first-order chi connectivity index (χ1) is 12.7. The fraction of sp³-hybridized carbons (Fsp3) is 0.0455. The molecule has 0 fully saturated rings. The third-order valence-corrected chi connectivity index (χ3v) is 3.79. The smallest absolute Gasteiger partial charge is 0.274 e. The quantitative estimate of drug-likeness (QED) is 0.385. The van der Waals surface area contributed by atoms with E-state index in [-0.39, 0.29) is 18.2 Å². The van der Waals surface area contributed by atoms with Gasteiger partial charge in [-0.2, -0.15) is 5.10 Å². The molecule has 4 nitrogen and oxygen atoms in total. The lowest BCUT2D eigenvalue weighted by Gasteiger charge is -2.16. The molecular formula is C22H18N2O2. The summed E-state index contributed by atoms with van der Waals surface area (Å²) in [6.07, 6.45) is 1.58. The largest absolute Gasteiger partial charge is 0.292 e. The maximum absolute atomic E-state index is 12.8. The second-order valence-electron chi connectivity index (χ2n) is 5.67. The highest BCUT2D eigenvalue weighted by atomic mass is 16.2. The van der Waals surface area contributed by atoms with Gasteiger partial charge >= 0.3 is 0 Å². The number of hydrogen-bond donors (Lipinski definition) is 0. The van der Waals surface area contributed by atoms with Gasteiger partial charge < -0.3 is 0 Å². The molecule has 4 heteroatoms. The molecule has 3 aromatic carbocycles. The first-order valence-corrected chi connectivity index (χ1v) is 8.28. The third-order valence-electron chi connectivity index (χ3n) is 3.79. The lowest BCUT2D eigenvalue weighted by molar-refractivity contribution is 0.0715. The van der Waals surface area contributed by atoms with Gasteiger partial charge in [0.05, 0.1) is 6.21 Å². The molecule has 0 N–H and O–H groups in total. The van der Waals surface area contributed by atoms with Crippen LogP contribution in [0.15, 0.2) is 96.1 Å². The van der Waals surface area contributed by atoms with E-state index in [1.807, 2.05) is 42.5 Å². The monoisotopic (exact) mass is 342 g/mol. The summed E-state index contributed by atoms with van der Waals surface area (Å²) in [5.74, 6) is -0.484. The Bertz CT molecular complexity index is 891. The van der Waals surface area contributed by atoms with Gasteiger partial charge in [0.1, 0.15) is 6.54 Å². The molecular weight excluding hydrogens is 324 g/mol. The zero-order valence-electron chi connectivity index (χ0n) is 14.2. The van der Waals surface area contributed by atoms with E-state index in [0.717, 1.165) is 5.56 Å². The van der Waals surface area contributed by atoms with E-state index < -0.39 is 0 Å². The van der Waals surface area contributed by atoms with Crippen LogP contribution in [-0.2, 0) is 0 Å². The maximum atomic E-state index is 12.8. The van der Waals surface area contributed by atoms with Gasteiger partial charge in [-0.15, -0.1) is 0 Å². The predicted molar refractivity (Wildman–Crippen MR) is 102 cm³/mol. The van der Waals surface area contributed by atoms with Gasteiger partial charge in [0.15, 0.2) is 5.78 Å². The zero-order valence-corrected chi connectivity index (χ0v) is 14.2. The number of benzene rings is 3. The van der Waals surface area contributed by atoms with Crippen LogP contribution >= 0.6 is 0 Å². The van der Waals surface area contributed by atoms with Crippen molar-refractivity contribution in [3.63, 3.8) is 0 Å². The molecule has 0 heterocycles. The van der Waals surface area contributed by atoms with Gasteiger partial charge in [0, 0.05) is 11.1 Å². The molecule has 0 atom stereocenters. The first kappa shape index (κ1) is 17.3. The highest BCUT2D eigenvalue weighted by molar-refractivity contribution is 6.02. The van der Waals surface area contributed by atoms with Crippen LogP contribution in [0, 0.1) is 0 Å². The minimum absolute atomic E-state index is 0.124. The van der Waals surface area contributed by atoms with Crippen molar-refractivity contribution in [3.05, 3.63) is 108 Å².